The van der Waals surface area contributed by atoms with Gasteiger partial charge in [-0.05, 0) is 24.5 Å². The van der Waals surface area contributed by atoms with Gasteiger partial charge >= 0.3 is 6.55 Å². The summed E-state index contributed by atoms with van der Waals surface area (Å²) in [7, 11) is 1.54. The Balaban J connectivity index is 1.55. The van der Waals surface area contributed by atoms with E-state index in [2.05, 4.69) is 10.3 Å². The molecule has 1 aliphatic rings. The van der Waals surface area contributed by atoms with Gasteiger partial charge in [-0.15, -0.1) is 0 Å². The van der Waals surface area contributed by atoms with Gasteiger partial charge in [0.05, 0.1) is 6.54 Å². The molecule has 26 heavy (non-hydrogen) atoms. The number of amides is 2. The van der Waals surface area contributed by atoms with Crippen LogP contribution in [0.2, 0.25) is 0 Å². The fourth-order valence-corrected chi connectivity index (χ4v) is 3.08. The summed E-state index contributed by atoms with van der Waals surface area (Å²) in [4.78, 5) is 29.7. The highest BCUT2D eigenvalue weighted by Crippen LogP contribution is 2.27. The number of aromatic nitrogens is 2. The van der Waals surface area contributed by atoms with Gasteiger partial charge in [0.25, 0.3) is 0 Å². The second kappa shape index (κ2) is 7.63. The summed E-state index contributed by atoms with van der Waals surface area (Å²) < 4.78 is 26.4. The number of rotatable bonds is 6. The van der Waals surface area contributed by atoms with Crippen LogP contribution in [0.3, 0.4) is 0 Å². The minimum absolute atomic E-state index is 0.00410. The van der Waals surface area contributed by atoms with Crippen LogP contribution in [-0.4, -0.2) is 33.3 Å². The van der Waals surface area contributed by atoms with Crippen LogP contribution in [-0.2, 0) is 22.6 Å². The minimum atomic E-state index is -2.69. The number of alkyl halides is 2. The summed E-state index contributed by atoms with van der Waals surface area (Å²) in [5.74, 6) is -0.446. The zero-order valence-corrected chi connectivity index (χ0v) is 14.4. The molecule has 0 radical (unpaired) electrons. The summed E-state index contributed by atoms with van der Waals surface area (Å²) in [6.45, 7) is -2.70. The van der Waals surface area contributed by atoms with E-state index in [-0.39, 0.29) is 36.5 Å². The van der Waals surface area contributed by atoms with Gasteiger partial charge in [-0.3, -0.25) is 14.2 Å². The number of halogens is 2. The van der Waals surface area contributed by atoms with Crippen LogP contribution < -0.4 is 5.32 Å². The highest BCUT2D eigenvalue weighted by molar-refractivity contribution is 5.96. The first kappa shape index (κ1) is 18.0. The van der Waals surface area contributed by atoms with Crippen molar-refractivity contribution in [2.24, 2.45) is 5.92 Å². The number of hydrogen-bond donors (Lipinski definition) is 1. The molecule has 138 valence electrons. The highest BCUT2D eigenvalue weighted by Gasteiger charge is 2.27. The lowest BCUT2D eigenvalue weighted by Crippen LogP contribution is -2.32. The van der Waals surface area contributed by atoms with Crippen LogP contribution in [0, 0.1) is 5.92 Å². The number of nitrogens with one attached hydrogen (secondary N) is 1. The van der Waals surface area contributed by atoms with Gasteiger partial charge in [-0.2, -0.15) is 8.78 Å². The van der Waals surface area contributed by atoms with E-state index in [1.165, 1.54) is 17.3 Å². The van der Waals surface area contributed by atoms with E-state index in [0.29, 0.717) is 12.8 Å². The molecule has 1 N–H and O–H groups in total. The number of nitrogens with zero attached hydrogens (tertiary/aromatic N) is 3. The Morgan fingerprint density at radius 2 is 2.19 bits per heavy atom. The lowest BCUT2D eigenvalue weighted by molar-refractivity contribution is -0.131. The molecule has 1 aromatic heterocycles. The topological polar surface area (TPSA) is 67.2 Å². The Kier molecular flexibility index (Phi) is 5.29. The number of anilines is 1. The fourth-order valence-electron chi connectivity index (χ4n) is 3.08. The average molecular weight is 362 g/mol. The van der Waals surface area contributed by atoms with Crippen molar-refractivity contribution in [2.75, 3.05) is 12.4 Å². The van der Waals surface area contributed by atoms with Crippen molar-refractivity contribution in [1.29, 1.82) is 0 Å². The summed E-state index contributed by atoms with van der Waals surface area (Å²) in [5.41, 5.74) is 1.87. The standard InChI is InChI=1S/C18H20F2N4O2/c1-23(11-15-21-8-9-24(15)18(19)20)16(25)7-6-13-10-12-4-2-3-5-14(12)22-17(13)26/h2-5,8-9,13,18H,6-7,10-11H2,1H3,(H,22,26). The van der Waals surface area contributed by atoms with E-state index >= 15 is 0 Å². The lowest BCUT2D eigenvalue weighted by Gasteiger charge is -2.25. The molecule has 1 atom stereocenters. The molecule has 2 aromatic rings. The largest absolute Gasteiger partial charge is 0.338 e. The van der Waals surface area contributed by atoms with Crippen molar-refractivity contribution >= 4 is 17.5 Å². The van der Waals surface area contributed by atoms with Crippen LogP contribution in [0.1, 0.15) is 30.8 Å². The van der Waals surface area contributed by atoms with Crippen molar-refractivity contribution < 1.29 is 18.4 Å². The molecule has 6 nitrogen and oxygen atoms in total. The fraction of sp³-hybridized carbons (Fsp3) is 0.389. The third-order valence-electron chi connectivity index (χ3n) is 4.58. The molecule has 2 amide bonds. The van der Waals surface area contributed by atoms with E-state index in [1.807, 2.05) is 24.3 Å². The molecule has 0 saturated heterocycles. The lowest BCUT2D eigenvalue weighted by atomic mass is 9.89. The third-order valence-corrected chi connectivity index (χ3v) is 4.58. The maximum Gasteiger partial charge on any atom is 0.319 e. The molecule has 1 aliphatic heterocycles. The Morgan fingerprint density at radius 1 is 1.42 bits per heavy atom. The van der Waals surface area contributed by atoms with Crippen molar-refractivity contribution in [3.63, 3.8) is 0 Å². The maximum atomic E-state index is 12.8. The normalized spacial score (nSPS) is 16.3. The van der Waals surface area contributed by atoms with Crippen molar-refractivity contribution in [3.8, 4) is 0 Å². The summed E-state index contributed by atoms with van der Waals surface area (Å²) in [6.07, 6.45) is 3.64. The summed E-state index contributed by atoms with van der Waals surface area (Å²) in [5, 5.41) is 2.86. The number of carbonyl (C=O) groups excluding carboxylic acids is 2. The first-order chi connectivity index (χ1) is 12.5. The molecule has 1 unspecified atom stereocenters. The van der Waals surface area contributed by atoms with Crippen LogP contribution in [0.25, 0.3) is 0 Å². The maximum absolute atomic E-state index is 12.8. The molecular weight excluding hydrogens is 342 g/mol. The number of fused-ring (bicyclic) bond motifs is 1. The zero-order valence-electron chi connectivity index (χ0n) is 14.4. The van der Waals surface area contributed by atoms with Crippen molar-refractivity contribution in [2.45, 2.75) is 32.4 Å². The number of para-hydroxylation sites is 1. The average Bonchev–Trinajstić information content (AvgIpc) is 3.08. The Morgan fingerprint density at radius 3 is 2.96 bits per heavy atom. The summed E-state index contributed by atoms with van der Waals surface area (Å²) in [6, 6.07) is 7.59. The van der Waals surface area contributed by atoms with Crippen LogP contribution in [0.15, 0.2) is 36.7 Å². The minimum Gasteiger partial charge on any atom is -0.338 e. The third kappa shape index (κ3) is 3.89. The number of benzene rings is 1. The van der Waals surface area contributed by atoms with E-state index in [1.54, 1.807) is 7.05 Å². The van der Waals surface area contributed by atoms with Gasteiger partial charge in [-0.25, -0.2) is 4.98 Å². The van der Waals surface area contributed by atoms with Gasteiger partial charge < -0.3 is 10.2 Å². The highest BCUT2D eigenvalue weighted by atomic mass is 19.3. The molecule has 0 aliphatic carbocycles. The van der Waals surface area contributed by atoms with Crippen LogP contribution in [0.4, 0.5) is 14.5 Å². The molecule has 3 rings (SSSR count). The van der Waals surface area contributed by atoms with Gasteiger partial charge in [0.2, 0.25) is 11.8 Å². The number of hydrogen-bond acceptors (Lipinski definition) is 3. The van der Waals surface area contributed by atoms with E-state index < -0.39 is 6.55 Å². The Bertz CT molecular complexity index is 806. The predicted molar refractivity (Wildman–Crippen MR) is 91.5 cm³/mol. The molecule has 2 heterocycles. The van der Waals surface area contributed by atoms with Gasteiger partial charge in [-0.1, -0.05) is 18.2 Å². The molecular formula is C18H20F2N4O2. The van der Waals surface area contributed by atoms with Gasteiger partial charge in [0.15, 0.2) is 0 Å². The van der Waals surface area contributed by atoms with Crippen molar-refractivity contribution in [3.05, 3.63) is 48.0 Å². The SMILES string of the molecule is CN(Cc1nccn1C(F)F)C(=O)CCC1Cc2ccccc2NC1=O. The first-order valence-electron chi connectivity index (χ1n) is 8.38. The number of imidazole rings is 1. The molecule has 0 saturated carbocycles. The van der Waals surface area contributed by atoms with Gasteiger partial charge in [0, 0.05) is 37.5 Å². The van der Waals surface area contributed by atoms with E-state index in [9.17, 15) is 18.4 Å². The summed E-state index contributed by atoms with van der Waals surface area (Å²) >= 11 is 0. The van der Waals surface area contributed by atoms with E-state index in [4.69, 9.17) is 0 Å². The zero-order chi connectivity index (χ0) is 18.7. The molecule has 0 spiro atoms. The smallest absolute Gasteiger partial charge is 0.319 e. The predicted octanol–water partition coefficient (Wildman–Crippen LogP) is 2.83. The molecule has 8 heteroatoms. The Labute approximate surface area is 149 Å². The molecule has 0 fully saturated rings. The van der Waals surface area contributed by atoms with Gasteiger partial charge in [0.1, 0.15) is 5.82 Å². The van der Waals surface area contributed by atoms with E-state index in [0.717, 1.165) is 15.8 Å². The number of carbonyl (C=O) groups is 2. The Hall–Kier alpha value is -2.77. The van der Waals surface area contributed by atoms with Crippen LogP contribution >= 0.6 is 0 Å². The van der Waals surface area contributed by atoms with Crippen molar-refractivity contribution in [1.82, 2.24) is 14.5 Å². The first-order valence-corrected chi connectivity index (χ1v) is 8.38. The monoisotopic (exact) mass is 362 g/mol. The van der Waals surface area contributed by atoms with Crippen LogP contribution in [0.5, 0.6) is 0 Å². The molecule has 0 bridgehead atoms. The molecule has 1 aromatic carbocycles. The second-order valence-corrected chi connectivity index (χ2v) is 6.36. The quantitative estimate of drug-likeness (QED) is 0.859. The second-order valence-electron chi connectivity index (χ2n) is 6.36.